The molecular formula is C49H30N8. The van der Waals surface area contributed by atoms with E-state index in [1.807, 2.05) is 43.0 Å². The molecule has 12 aromatic rings. The lowest BCUT2D eigenvalue weighted by Crippen LogP contribution is -2.10. The molecule has 0 saturated carbocycles. The number of aromatic nitrogens is 8. The summed E-state index contributed by atoms with van der Waals surface area (Å²) in [5.74, 6) is 1.65. The Kier molecular flexibility index (Phi) is 6.76. The Morgan fingerprint density at radius 2 is 0.737 bits per heavy atom. The average molecular weight is 731 g/mol. The van der Waals surface area contributed by atoms with E-state index < -0.39 is 0 Å². The second kappa shape index (κ2) is 12.3. The molecule has 0 N–H and O–H groups in total. The van der Waals surface area contributed by atoms with Gasteiger partial charge in [-0.05, 0) is 48.5 Å². The molecule has 6 heterocycles. The van der Waals surface area contributed by atoms with Crippen LogP contribution in [-0.4, -0.2) is 38.6 Å². The highest BCUT2D eigenvalue weighted by molar-refractivity contribution is 6.12. The zero-order valence-electron chi connectivity index (χ0n) is 30.4. The SMILES string of the molecule is c1ccc(-c2nc(-c3c(-n4c5ccccc5c5ccncc54)cccc3-n3c4ccccc4c4ccncc43)nc(-n3c4ccccc4c4ccccc43)n2)cc1. The molecule has 0 unspecified atom stereocenters. The summed E-state index contributed by atoms with van der Waals surface area (Å²) < 4.78 is 6.77. The Balaban J connectivity index is 1.26. The molecule has 8 heteroatoms. The van der Waals surface area contributed by atoms with Crippen molar-refractivity contribution in [2.45, 2.75) is 0 Å². The molecule has 0 atom stereocenters. The number of fused-ring (bicyclic) bond motifs is 9. The van der Waals surface area contributed by atoms with Crippen LogP contribution in [0.25, 0.3) is 106 Å². The Bertz CT molecular complexity index is 3250. The molecule has 0 aliphatic heterocycles. The summed E-state index contributed by atoms with van der Waals surface area (Å²) >= 11 is 0. The lowest BCUT2D eigenvalue weighted by atomic mass is 10.1. The normalized spacial score (nSPS) is 11.9. The van der Waals surface area contributed by atoms with Gasteiger partial charge in [-0.2, -0.15) is 9.97 Å². The van der Waals surface area contributed by atoms with Crippen molar-refractivity contribution >= 4 is 65.4 Å². The molecule has 0 spiro atoms. The topological polar surface area (TPSA) is 79.2 Å². The van der Waals surface area contributed by atoms with E-state index in [0.717, 1.165) is 87.9 Å². The number of pyridine rings is 2. The van der Waals surface area contributed by atoms with Crippen molar-refractivity contribution in [1.29, 1.82) is 0 Å². The lowest BCUT2D eigenvalue weighted by molar-refractivity contribution is 0.949. The maximum Gasteiger partial charge on any atom is 0.238 e. The van der Waals surface area contributed by atoms with E-state index in [1.54, 1.807) is 0 Å². The van der Waals surface area contributed by atoms with Crippen molar-refractivity contribution in [3.8, 4) is 40.1 Å². The first-order valence-electron chi connectivity index (χ1n) is 18.9. The third-order valence-corrected chi connectivity index (χ3v) is 11.1. The maximum absolute atomic E-state index is 5.52. The van der Waals surface area contributed by atoms with Crippen LogP contribution < -0.4 is 0 Å². The monoisotopic (exact) mass is 730 g/mol. The number of benzene rings is 6. The first-order chi connectivity index (χ1) is 28.3. The minimum Gasteiger partial charge on any atom is -0.307 e. The van der Waals surface area contributed by atoms with E-state index in [0.29, 0.717) is 17.6 Å². The summed E-state index contributed by atoms with van der Waals surface area (Å²) in [6, 6.07) is 54.7. The molecule has 57 heavy (non-hydrogen) atoms. The molecule has 0 bridgehead atoms. The Morgan fingerprint density at radius 1 is 0.316 bits per heavy atom. The predicted octanol–water partition coefficient (Wildman–Crippen LogP) is 11.3. The lowest BCUT2D eigenvalue weighted by Gasteiger charge is -2.20. The van der Waals surface area contributed by atoms with Crippen LogP contribution in [0.1, 0.15) is 0 Å². The molecule has 0 amide bonds. The molecule has 12 rings (SSSR count). The molecule has 0 saturated heterocycles. The van der Waals surface area contributed by atoms with E-state index in [1.165, 1.54) is 0 Å². The van der Waals surface area contributed by atoms with Gasteiger partial charge in [-0.15, -0.1) is 0 Å². The fourth-order valence-corrected chi connectivity index (χ4v) is 8.72. The molecule has 6 aromatic heterocycles. The first kappa shape index (κ1) is 31.4. The van der Waals surface area contributed by atoms with Gasteiger partial charge in [0.15, 0.2) is 11.6 Å². The second-order valence-electron chi connectivity index (χ2n) is 14.2. The van der Waals surface area contributed by atoms with Gasteiger partial charge in [0, 0.05) is 50.3 Å². The zero-order chi connectivity index (χ0) is 37.5. The van der Waals surface area contributed by atoms with Gasteiger partial charge in [0.05, 0.1) is 62.4 Å². The van der Waals surface area contributed by atoms with Crippen LogP contribution in [0.4, 0.5) is 0 Å². The van der Waals surface area contributed by atoms with Crippen LogP contribution in [0.3, 0.4) is 0 Å². The number of hydrogen-bond acceptors (Lipinski definition) is 5. The highest BCUT2D eigenvalue weighted by atomic mass is 15.2. The van der Waals surface area contributed by atoms with Crippen molar-refractivity contribution in [1.82, 2.24) is 38.6 Å². The van der Waals surface area contributed by atoms with Gasteiger partial charge in [-0.25, -0.2) is 4.98 Å². The van der Waals surface area contributed by atoms with E-state index in [-0.39, 0.29) is 0 Å². The van der Waals surface area contributed by atoms with Gasteiger partial charge in [-0.1, -0.05) is 109 Å². The quantitative estimate of drug-likeness (QED) is 0.176. The molecule has 266 valence electrons. The highest BCUT2D eigenvalue weighted by Crippen LogP contribution is 2.42. The maximum atomic E-state index is 5.52. The van der Waals surface area contributed by atoms with Crippen LogP contribution in [0, 0.1) is 0 Å². The predicted molar refractivity (Wildman–Crippen MR) is 229 cm³/mol. The first-order valence-corrected chi connectivity index (χ1v) is 18.9. The van der Waals surface area contributed by atoms with Crippen LogP contribution in [-0.2, 0) is 0 Å². The zero-order valence-corrected chi connectivity index (χ0v) is 30.4. The summed E-state index contributed by atoms with van der Waals surface area (Å²) in [4.78, 5) is 25.5. The third-order valence-electron chi connectivity index (χ3n) is 11.1. The Hall–Kier alpha value is -7.97. The minimum absolute atomic E-state index is 0.532. The van der Waals surface area contributed by atoms with Gasteiger partial charge in [0.1, 0.15) is 0 Å². The standard InChI is InChI=1S/C49H30N8/c1-2-13-31(14-3-1)47-52-48(54-49(53-47)57-40-21-10-6-15-32(40)33-16-7-11-22-41(33)57)46-42(55-38-19-8-4-17-34(38)36-25-27-50-29-44(36)55)23-12-24-43(46)56-39-20-9-5-18-35(39)37-26-28-51-30-45(37)56/h1-30H. The van der Waals surface area contributed by atoms with E-state index in [4.69, 9.17) is 15.0 Å². The summed E-state index contributed by atoms with van der Waals surface area (Å²) in [7, 11) is 0. The summed E-state index contributed by atoms with van der Waals surface area (Å²) in [5.41, 5.74) is 9.70. The molecule has 0 aliphatic carbocycles. The van der Waals surface area contributed by atoms with Gasteiger partial charge in [0.2, 0.25) is 5.95 Å². The summed E-state index contributed by atoms with van der Waals surface area (Å²) in [5, 5.41) is 6.77. The number of hydrogen-bond donors (Lipinski definition) is 0. The van der Waals surface area contributed by atoms with Gasteiger partial charge < -0.3 is 9.13 Å². The highest BCUT2D eigenvalue weighted by Gasteiger charge is 2.25. The number of para-hydroxylation sites is 4. The number of nitrogens with zero attached hydrogens (tertiary/aromatic N) is 8. The molecular weight excluding hydrogens is 701 g/mol. The molecule has 8 nitrogen and oxygen atoms in total. The van der Waals surface area contributed by atoms with E-state index in [9.17, 15) is 0 Å². The van der Waals surface area contributed by atoms with Crippen LogP contribution >= 0.6 is 0 Å². The van der Waals surface area contributed by atoms with Crippen LogP contribution in [0.5, 0.6) is 0 Å². The van der Waals surface area contributed by atoms with Gasteiger partial charge >= 0.3 is 0 Å². The fourth-order valence-electron chi connectivity index (χ4n) is 8.72. The van der Waals surface area contributed by atoms with Crippen molar-refractivity contribution in [3.63, 3.8) is 0 Å². The summed E-state index contributed by atoms with van der Waals surface area (Å²) in [6.45, 7) is 0. The van der Waals surface area contributed by atoms with E-state index in [2.05, 4.69) is 163 Å². The average Bonchev–Trinajstić information content (AvgIpc) is 3.92. The minimum atomic E-state index is 0.532. The number of rotatable bonds is 5. The Labute approximate surface area is 325 Å². The molecule has 0 fully saturated rings. The van der Waals surface area contributed by atoms with Gasteiger partial charge in [-0.3, -0.25) is 14.5 Å². The van der Waals surface area contributed by atoms with E-state index >= 15 is 0 Å². The van der Waals surface area contributed by atoms with Crippen molar-refractivity contribution in [3.05, 3.63) is 183 Å². The van der Waals surface area contributed by atoms with Crippen LogP contribution in [0.15, 0.2) is 183 Å². The van der Waals surface area contributed by atoms with Crippen molar-refractivity contribution < 1.29 is 0 Å². The fraction of sp³-hybridized carbons (Fsp3) is 0. The smallest absolute Gasteiger partial charge is 0.238 e. The molecule has 0 aliphatic rings. The third kappa shape index (κ3) is 4.64. The van der Waals surface area contributed by atoms with Crippen molar-refractivity contribution in [2.24, 2.45) is 0 Å². The summed E-state index contributed by atoms with van der Waals surface area (Å²) in [6.07, 6.45) is 7.61. The molecule has 0 radical (unpaired) electrons. The van der Waals surface area contributed by atoms with Crippen molar-refractivity contribution in [2.75, 3.05) is 0 Å². The van der Waals surface area contributed by atoms with Gasteiger partial charge in [0.25, 0.3) is 0 Å². The largest absolute Gasteiger partial charge is 0.307 e. The second-order valence-corrected chi connectivity index (χ2v) is 14.2. The molecule has 6 aromatic carbocycles. The van der Waals surface area contributed by atoms with Crippen LogP contribution in [0.2, 0.25) is 0 Å². The Morgan fingerprint density at radius 3 is 1.25 bits per heavy atom.